The molecule has 2 aliphatic carbocycles. The van der Waals surface area contributed by atoms with Crippen LogP contribution in [0.2, 0.25) is 0 Å². The van der Waals surface area contributed by atoms with Crippen LogP contribution in [-0.4, -0.2) is 38.2 Å². The lowest BCUT2D eigenvalue weighted by atomic mass is 9.80. The molecule has 0 bridgehead atoms. The van der Waals surface area contributed by atoms with Crippen molar-refractivity contribution >= 4 is 0 Å². The van der Waals surface area contributed by atoms with Crippen molar-refractivity contribution in [1.29, 1.82) is 0 Å². The molecular formula is C42H82N4O2. The number of nitrogens with zero attached hydrogens (tertiary/aromatic N) is 2. The Hall–Kier alpha value is -2.05. The summed E-state index contributed by atoms with van der Waals surface area (Å²) in [6, 6.07) is 4.79. The number of aromatic nitrogens is 3. The average molecular weight is 675 g/mol. The van der Waals surface area contributed by atoms with Gasteiger partial charge in [0.1, 0.15) is 0 Å². The van der Waals surface area contributed by atoms with Gasteiger partial charge in [-0.1, -0.05) is 95.6 Å². The fourth-order valence-corrected chi connectivity index (χ4v) is 4.99. The number of nitrogens with one attached hydrogen (secondary N) is 2. The normalized spacial score (nSPS) is 15.8. The first-order valence-electron chi connectivity index (χ1n) is 18.5. The summed E-state index contributed by atoms with van der Waals surface area (Å²) in [5.41, 5.74) is 2.39. The van der Waals surface area contributed by atoms with E-state index in [0.29, 0.717) is 12.1 Å². The molecule has 282 valence electrons. The minimum atomic E-state index is -0.123. The second kappa shape index (κ2) is 24.2. The van der Waals surface area contributed by atoms with Crippen molar-refractivity contribution in [2.24, 2.45) is 11.8 Å². The zero-order valence-electron chi connectivity index (χ0n) is 34.2. The van der Waals surface area contributed by atoms with Crippen molar-refractivity contribution in [2.75, 3.05) is 0 Å². The average Bonchev–Trinajstić information content (AvgIpc) is 2.88. The van der Waals surface area contributed by atoms with E-state index in [1.165, 1.54) is 50.4 Å². The van der Waals surface area contributed by atoms with Crippen LogP contribution in [0.15, 0.2) is 41.8 Å². The fraction of sp³-hybridized carbons (Fsp3) is 0.786. The Morgan fingerprint density at radius 3 is 1.54 bits per heavy atom. The van der Waals surface area contributed by atoms with Gasteiger partial charge in [-0.3, -0.25) is 9.78 Å². The second-order valence-corrected chi connectivity index (χ2v) is 16.5. The highest BCUT2D eigenvalue weighted by Gasteiger charge is 2.28. The van der Waals surface area contributed by atoms with Crippen molar-refractivity contribution in [1.82, 2.24) is 20.3 Å². The third-order valence-electron chi connectivity index (χ3n) is 7.92. The summed E-state index contributed by atoms with van der Waals surface area (Å²) in [4.78, 5) is 21.6. The molecule has 0 spiro atoms. The number of aromatic amines is 1. The molecule has 2 saturated carbocycles. The van der Waals surface area contributed by atoms with Crippen LogP contribution in [-0.2, 0) is 15.6 Å². The van der Waals surface area contributed by atoms with E-state index in [1.807, 2.05) is 60.7 Å². The first kappa shape index (κ1) is 50.3. The van der Waals surface area contributed by atoms with Gasteiger partial charge < -0.3 is 15.0 Å². The van der Waals surface area contributed by atoms with Gasteiger partial charge in [0.05, 0.1) is 18.0 Å². The van der Waals surface area contributed by atoms with Gasteiger partial charge in [-0.25, -0.2) is 4.98 Å². The molecule has 2 aromatic rings. The van der Waals surface area contributed by atoms with Gasteiger partial charge in [0.15, 0.2) is 0 Å². The molecule has 2 unspecified atom stereocenters. The van der Waals surface area contributed by atoms with Crippen molar-refractivity contribution in [3.05, 3.63) is 58.5 Å². The molecule has 0 radical (unpaired) electrons. The van der Waals surface area contributed by atoms with Crippen LogP contribution >= 0.6 is 0 Å². The van der Waals surface area contributed by atoms with E-state index in [9.17, 15) is 4.79 Å². The Labute approximate surface area is 299 Å². The number of H-pyrrole nitrogens is 1. The summed E-state index contributed by atoms with van der Waals surface area (Å²) >= 11 is 0. The summed E-state index contributed by atoms with van der Waals surface area (Å²) < 4.78 is 5.84. The van der Waals surface area contributed by atoms with Gasteiger partial charge in [-0.2, -0.15) is 0 Å². The monoisotopic (exact) mass is 675 g/mol. The molecule has 0 saturated heterocycles. The van der Waals surface area contributed by atoms with Gasteiger partial charge in [0, 0.05) is 35.7 Å². The molecule has 2 heterocycles. The van der Waals surface area contributed by atoms with Crippen molar-refractivity contribution < 1.29 is 4.74 Å². The summed E-state index contributed by atoms with van der Waals surface area (Å²) in [5, 5.41) is 3.62. The molecular weight excluding hydrogens is 592 g/mol. The lowest BCUT2D eigenvalue weighted by Crippen LogP contribution is -2.47. The number of ether oxygens (including phenoxy) is 1. The fourth-order valence-electron chi connectivity index (χ4n) is 4.99. The largest absolute Gasteiger partial charge is 0.373 e. The minimum Gasteiger partial charge on any atom is -0.373 e. The Morgan fingerprint density at radius 2 is 1.27 bits per heavy atom. The zero-order chi connectivity index (χ0) is 37.1. The maximum absolute atomic E-state index is 11.2. The van der Waals surface area contributed by atoms with E-state index < -0.39 is 0 Å². The first-order valence-corrected chi connectivity index (χ1v) is 18.5. The molecule has 2 N–H and O–H groups in total. The summed E-state index contributed by atoms with van der Waals surface area (Å²) in [5.74, 6) is 1.79. The molecule has 0 aromatic carbocycles. The number of hydrogen-bond donors (Lipinski definition) is 2. The molecule has 2 aliphatic rings. The van der Waals surface area contributed by atoms with Crippen LogP contribution in [0.4, 0.5) is 0 Å². The number of hydrogen-bond acceptors (Lipinski definition) is 5. The maximum Gasteiger partial charge on any atom is 0.254 e. The van der Waals surface area contributed by atoms with Gasteiger partial charge >= 0.3 is 0 Å². The van der Waals surface area contributed by atoms with Crippen molar-refractivity contribution in [3.8, 4) is 0 Å². The van der Waals surface area contributed by atoms with Crippen molar-refractivity contribution in [3.63, 3.8) is 0 Å². The number of pyridine rings is 1. The van der Waals surface area contributed by atoms with Gasteiger partial charge in [-0.05, 0) is 115 Å². The molecule has 0 amide bonds. The van der Waals surface area contributed by atoms with Gasteiger partial charge in [0.2, 0.25) is 0 Å². The van der Waals surface area contributed by atoms with Crippen LogP contribution in [0.1, 0.15) is 182 Å². The molecule has 0 aliphatic heterocycles. The van der Waals surface area contributed by atoms with E-state index in [0.717, 1.165) is 17.4 Å². The molecule has 2 atom stereocenters. The van der Waals surface area contributed by atoms with Gasteiger partial charge in [0.25, 0.3) is 5.56 Å². The third kappa shape index (κ3) is 23.3. The third-order valence-corrected chi connectivity index (χ3v) is 7.92. The van der Waals surface area contributed by atoms with E-state index in [1.54, 1.807) is 12.4 Å². The zero-order valence-corrected chi connectivity index (χ0v) is 34.2. The van der Waals surface area contributed by atoms with E-state index in [2.05, 4.69) is 102 Å². The predicted molar refractivity (Wildman–Crippen MR) is 213 cm³/mol. The second-order valence-electron chi connectivity index (χ2n) is 16.5. The van der Waals surface area contributed by atoms with Crippen LogP contribution in [0.25, 0.3) is 0 Å². The summed E-state index contributed by atoms with van der Waals surface area (Å²) in [7, 11) is 0. The molecule has 2 fully saturated rings. The summed E-state index contributed by atoms with van der Waals surface area (Å²) in [6.07, 6.45) is 15.7. The quantitative estimate of drug-likeness (QED) is 0.337. The Morgan fingerprint density at radius 1 is 0.771 bits per heavy atom. The molecule has 48 heavy (non-hydrogen) atoms. The predicted octanol–water partition coefficient (Wildman–Crippen LogP) is 11.7. The Balaban J connectivity index is -0.000000539. The van der Waals surface area contributed by atoms with Crippen LogP contribution in [0, 0.1) is 11.8 Å². The van der Waals surface area contributed by atoms with E-state index in [-0.39, 0.29) is 35.0 Å². The lowest BCUT2D eigenvalue weighted by molar-refractivity contribution is -0.0899. The molecule has 2 aromatic heterocycles. The van der Waals surface area contributed by atoms with E-state index >= 15 is 0 Å². The van der Waals surface area contributed by atoms with E-state index in [4.69, 9.17) is 4.74 Å². The highest BCUT2D eigenvalue weighted by Crippen LogP contribution is 2.33. The molecule has 4 rings (SSSR count). The molecule has 6 nitrogen and oxygen atoms in total. The first-order chi connectivity index (χ1) is 21.6. The Kier molecular flexibility index (Phi) is 25.3. The van der Waals surface area contributed by atoms with Crippen LogP contribution in [0.3, 0.4) is 0 Å². The van der Waals surface area contributed by atoms with Crippen LogP contribution < -0.4 is 10.9 Å². The van der Waals surface area contributed by atoms with Crippen molar-refractivity contribution in [2.45, 2.75) is 205 Å². The SMILES string of the molecule is C.CC.CC.CC(C)(C)c1cccnc1.CC(C)(C)c1cnc[nH]c1=O.CC(NC(C)(C)C)C1CCC1.CC(OC(C)(C)C)C1CCC1. The topological polar surface area (TPSA) is 79.9 Å². The Bertz CT molecular complexity index is 1050. The number of rotatable bonds is 4. The summed E-state index contributed by atoms with van der Waals surface area (Å²) in [6.45, 7) is 38.1. The highest BCUT2D eigenvalue weighted by atomic mass is 16.5. The maximum atomic E-state index is 11.2. The standard InChI is InChI=1S/C10H21N.C10H20O.C9H13N.C8H12N2O.2C2H6.CH4/c2*1-8(9-6-5-7-9)11-10(2,3)4;1-9(2,3)8-5-4-6-10-7-8;1-8(2,3)6-4-9-5-10-7(6)11;2*1-2;/h8-9,11H,5-7H2,1-4H3;8-9H,5-7H2,1-4H3;4-7H,1-3H3;4-5H,1-3H3,(H,9,10,11);2*1-2H3;1H4. The highest BCUT2D eigenvalue weighted by molar-refractivity contribution is 5.17. The van der Waals surface area contributed by atoms with Crippen LogP contribution in [0.5, 0.6) is 0 Å². The smallest absolute Gasteiger partial charge is 0.254 e. The van der Waals surface area contributed by atoms with Gasteiger partial charge in [-0.15, -0.1) is 0 Å². The molecule has 6 heteroatoms. The lowest BCUT2D eigenvalue weighted by Gasteiger charge is -2.36. The minimum absolute atomic E-state index is 0.